The van der Waals surface area contributed by atoms with Crippen LogP contribution in [-0.4, -0.2) is 15.0 Å². The number of nitrogens with two attached hydrogens (primary N) is 1. The maximum absolute atomic E-state index is 11.2. The molecule has 0 saturated carbocycles. The van der Waals surface area contributed by atoms with Gasteiger partial charge in [0.1, 0.15) is 10.6 Å². The van der Waals surface area contributed by atoms with Gasteiger partial charge in [0, 0.05) is 12.5 Å². The maximum atomic E-state index is 11.2. The summed E-state index contributed by atoms with van der Waals surface area (Å²) < 4.78 is 27.7. The van der Waals surface area contributed by atoms with Gasteiger partial charge in [-0.15, -0.1) is 11.8 Å². The minimum absolute atomic E-state index is 0.0292. The molecule has 0 radical (unpaired) electrons. The summed E-state index contributed by atoms with van der Waals surface area (Å²) in [5.41, 5.74) is 0. The number of hydrogen-bond donors (Lipinski definition) is 1. The van der Waals surface area contributed by atoms with Gasteiger partial charge in [0.15, 0.2) is 0 Å². The second kappa shape index (κ2) is 6.30. The molecule has 0 aromatic heterocycles. The van der Waals surface area contributed by atoms with Crippen LogP contribution in [0.1, 0.15) is 13.3 Å². The van der Waals surface area contributed by atoms with E-state index >= 15 is 0 Å². The molecular formula is C11H11Cl2NO3S. The lowest BCUT2D eigenvalue weighted by molar-refractivity contribution is 0.327. The molecule has 1 aromatic rings. The second-order valence-electron chi connectivity index (χ2n) is 3.28. The van der Waals surface area contributed by atoms with E-state index in [1.807, 2.05) is 0 Å². The van der Waals surface area contributed by atoms with Gasteiger partial charge < -0.3 is 4.74 Å². The number of primary sulfonamides is 1. The molecule has 0 heterocycles. The molecule has 0 saturated heterocycles. The van der Waals surface area contributed by atoms with E-state index in [1.54, 1.807) is 6.92 Å². The summed E-state index contributed by atoms with van der Waals surface area (Å²) in [4.78, 5) is -0.227. The lowest BCUT2D eigenvalue weighted by atomic mass is 10.3. The van der Waals surface area contributed by atoms with Crippen LogP contribution in [0.5, 0.6) is 5.75 Å². The Morgan fingerprint density at radius 1 is 1.33 bits per heavy atom. The molecule has 0 amide bonds. The monoisotopic (exact) mass is 307 g/mol. The van der Waals surface area contributed by atoms with Crippen molar-refractivity contribution in [2.75, 3.05) is 6.61 Å². The molecule has 0 aliphatic carbocycles. The van der Waals surface area contributed by atoms with Crippen LogP contribution in [0.15, 0.2) is 17.0 Å². The van der Waals surface area contributed by atoms with Crippen LogP contribution in [0, 0.1) is 11.8 Å². The lowest BCUT2D eigenvalue weighted by Crippen LogP contribution is -2.13. The Morgan fingerprint density at radius 2 is 2.00 bits per heavy atom. The third kappa shape index (κ3) is 4.07. The highest BCUT2D eigenvalue weighted by Crippen LogP contribution is 2.33. The van der Waals surface area contributed by atoms with Crippen LogP contribution >= 0.6 is 23.2 Å². The SMILES string of the molecule is CC#CCCOc1cc(Cl)c(S(N)(=O)=O)cc1Cl. The molecule has 18 heavy (non-hydrogen) atoms. The Labute approximate surface area is 116 Å². The van der Waals surface area contributed by atoms with E-state index in [0.717, 1.165) is 0 Å². The minimum Gasteiger partial charge on any atom is -0.491 e. The maximum Gasteiger partial charge on any atom is 0.239 e. The summed E-state index contributed by atoms with van der Waals surface area (Å²) in [6, 6.07) is 2.49. The van der Waals surface area contributed by atoms with Crippen molar-refractivity contribution in [3.8, 4) is 17.6 Å². The zero-order chi connectivity index (χ0) is 13.8. The van der Waals surface area contributed by atoms with E-state index in [-0.39, 0.29) is 14.9 Å². The molecule has 2 N–H and O–H groups in total. The molecule has 0 spiro atoms. The van der Waals surface area contributed by atoms with Crippen molar-refractivity contribution in [1.82, 2.24) is 0 Å². The number of halogens is 2. The average molecular weight is 308 g/mol. The van der Waals surface area contributed by atoms with Gasteiger partial charge in [-0.1, -0.05) is 23.2 Å². The van der Waals surface area contributed by atoms with Gasteiger partial charge >= 0.3 is 0 Å². The number of sulfonamides is 1. The Balaban J connectivity index is 2.96. The fraction of sp³-hybridized carbons (Fsp3) is 0.273. The van der Waals surface area contributed by atoms with E-state index in [9.17, 15) is 8.42 Å². The smallest absolute Gasteiger partial charge is 0.239 e. The number of hydrogen-bond acceptors (Lipinski definition) is 3. The van der Waals surface area contributed by atoms with Gasteiger partial charge in [0.05, 0.1) is 16.7 Å². The topological polar surface area (TPSA) is 69.4 Å². The molecule has 4 nitrogen and oxygen atoms in total. The van der Waals surface area contributed by atoms with Crippen LogP contribution in [0.2, 0.25) is 10.0 Å². The molecule has 7 heteroatoms. The largest absolute Gasteiger partial charge is 0.491 e. The third-order valence-corrected chi connectivity index (χ3v) is 3.63. The van der Waals surface area contributed by atoms with E-state index in [4.69, 9.17) is 33.1 Å². The van der Waals surface area contributed by atoms with Crippen LogP contribution in [-0.2, 0) is 10.0 Å². The minimum atomic E-state index is -3.90. The first-order chi connectivity index (χ1) is 8.36. The van der Waals surface area contributed by atoms with E-state index in [1.165, 1.54) is 12.1 Å². The third-order valence-electron chi connectivity index (χ3n) is 1.95. The molecule has 0 unspecified atom stereocenters. The highest BCUT2D eigenvalue weighted by Gasteiger charge is 2.16. The van der Waals surface area contributed by atoms with Crippen LogP contribution < -0.4 is 9.88 Å². The Kier molecular flexibility index (Phi) is 5.29. The molecule has 0 aliphatic heterocycles. The molecule has 1 aromatic carbocycles. The predicted molar refractivity (Wildman–Crippen MR) is 71.4 cm³/mol. The summed E-state index contributed by atoms with van der Waals surface area (Å²) in [5.74, 6) is 5.84. The van der Waals surface area contributed by atoms with Crippen molar-refractivity contribution >= 4 is 33.2 Å². The van der Waals surface area contributed by atoms with Crippen molar-refractivity contribution in [3.05, 3.63) is 22.2 Å². The average Bonchev–Trinajstić information content (AvgIpc) is 2.27. The van der Waals surface area contributed by atoms with Gasteiger partial charge in [-0.05, 0) is 13.0 Å². The van der Waals surface area contributed by atoms with Crippen LogP contribution in [0.25, 0.3) is 0 Å². The summed E-state index contributed by atoms with van der Waals surface area (Å²) in [5, 5.41) is 5.09. The zero-order valence-corrected chi connectivity index (χ0v) is 11.9. The van der Waals surface area contributed by atoms with Gasteiger partial charge in [-0.25, -0.2) is 13.6 Å². The molecule has 0 atom stereocenters. The zero-order valence-electron chi connectivity index (χ0n) is 9.54. The Hall–Kier alpha value is -0.930. The quantitative estimate of drug-likeness (QED) is 0.686. The number of rotatable bonds is 4. The van der Waals surface area contributed by atoms with Gasteiger partial charge in [-0.2, -0.15) is 0 Å². The predicted octanol–water partition coefficient (Wildman–Crippen LogP) is 2.43. The van der Waals surface area contributed by atoms with Crippen molar-refractivity contribution < 1.29 is 13.2 Å². The highest BCUT2D eigenvalue weighted by atomic mass is 35.5. The van der Waals surface area contributed by atoms with Gasteiger partial charge in [0.2, 0.25) is 10.0 Å². The van der Waals surface area contributed by atoms with E-state index in [0.29, 0.717) is 18.8 Å². The molecular weight excluding hydrogens is 297 g/mol. The van der Waals surface area contributed by atoms with Crippen LogP contribution in [0.3, 0.4) is 0 Å². The summed E-state index contributed by atoms with van der Waals surface area (Å²) in [6.45, 7) is 2.07. The highest BCUT2D eigenvalue weighted by molar-refractivity contribution is 7.89. The lowest BCUT2D eigenvalue weighted by Gasteiger charge is -2.09. The second-order valence-corrected chi connectivity index (χ2v) is 5.63. The fourth-order valence-electron chi connectivity index (χ4n) is 1.18. The number of ether oxygens (including phenoxy) is 1. The van der Waals surface area contributed by atoms with E-state index in [2.05, 4.69) is 11.8 Å². The van der Waals surface area contributed by atoms with Crippen molar-refractivity contribution in [3.63, 3.8) is 0 Å². The Bertz CT molecular complexity index is 603. The summed E-state index contributed by atoms with van der Waals surface area (Å²) >= 11 is 11.7. The summed E-state index contributed by atoms with van der Waals surface area (Å²) in [6.07, 6.45) is 0.543. The van der Waals surface area contributed by atoms with Crippen LogP contribution in [0.4, 0.5) is 0 Å². The Morgan fingerprint density at radius 3 is 2.56 bits per heavy atom. The van der Waals surface area contributed by atoms with Gasteiger partial charge in [0.25, 0.3) is 0 Å². The van der Waals surface area contributed by atoms with Crippen molar-refractivity contribution in [2.24, 2.45) is 5.14 Å². The number of benzene rings is 1. The van der Waals surface area contributed by atoms with Crippen molar-refractivity contribution in [1.29, 1.82) is 0 Å². The van der Waals surface area contributed by atoms with E-state index < -0.39 is 10.0 Å². The first-order valence-electron chi connectivity index (χ1n) is 4.90. The summed E-state index contributed by atoms with van der Waals surface area (Å²) in [7, 11) is -3.90. The normalized spacial score (nSPS) is 10.7. The van der Waals surface area contributed by atoms with Gasteiger partial charge in [-0.3, -0.25) is 0 Å². The molecule has 0 bridgehead atoms. The standard InChI is InChI=1S/C11H11Cl2NO3S/c1-2-3-4-5-17-10-6-9(13)11(7-8(10)12)18(14,15)16/h6-7H,4-5H2,1H3,(H2,14,15,16). The van der Waals surface area contributed by atoms with Crippen molar-refractivity contribution in [2.45, 2.75) is 18.2 Å². The molecule has 1 rings (SSSR count). The first kappa shape index (κ1) is 15.1. The fourth-order valence-corrected chi connectivity index (χ4v) is 2.55. The molecule has 0 fully saturated rings. The molecule has 98 valence electrons. The molecule has 0 aliphatic rings. The first-order valence-corrected chi connectivity index (χ1v) is 7.20.